The van der Waals surface area contributed by atoms with E-state index in [2.05, 4.69) is 4.98 Å². The fourth-order valence-corrected chi connectivity index (χ4v) is 1.61. The molecule has 3 heteroatoms. The molecule has 14 heavy (non-hydrogen) atoms. The summed E-state index contributed by atoms with van der Waals surface area (Å²) in [5.74, 6) is 0. The molecule has 0 bridgehead atoms. The van der Waals surface area contributed by atoms with Crippen LogP contribution in [-0.4, -0.2) is 9.55 Å². The van der Waals surface area contributed by atoms with E-state index in [0.717, 1.165) is 10.9 Å². The van der Waals surface area contributed by atoms with Crippen LogP contribution in [0.15, 0.2) is 35.3 Å². The van der Waals surface area contributed by atoms with Crippen LogP contribution in [-0.2, 0) is 0 Å². The summed E-state index contributed by atoms with van der Waals surface area (Å²) in [4.78, 5) is 15.4. The molecule has 2 aromatic rings. The summed E-state index contributed by atoms with van der Waals surface area (Å²) in [5.41, 5.74) is 0.765. The number of para-hydroxylation sites is 1. The van der Waals surface area contributed by atoms with Gasteiger partial charge in [0, 0.05) is 17.6 Å². The molecule has 0 unspecified atom stereocenters. The average molecular weight is 188 g/mol. The highest BCUT2D eigenvalue weighted by molar-refractivity contribution is 5.77. The molecule has 1 heterocycles. The molecule has 0 spiro atoms. The van der Waals surface area contributed by atoms with Gasteiger partial charge in [0.25, 0.3) is 0 Å². The molecule has 72 valence electrons. The van der Waals surface area contributed by atoms with Gasteiger partial charge in [0.1, 0.15) is 0 Å². The van der Waals surface area contributed by atoms with Crippen molar-refractivity contribution in [2.24, 2.45) is 0 Å². The molecule has 0 N–H and O–H groups in total. The first-order chi connectivity index (χ1) is 6.70. The van der Waals surface area contributed by atoms with E-state index in [9.17, 15) is 4.79 Å². The van der Waals surface area contributed by atoms with Crippen LogP contribution in [0.5, 0.6) is 0 Å². The number of rotatable bonds is 1. The SMILES string of the molecule is CC(C)n1c(=O)ncc2ccccc21. The Labute approximate surface area is 82.0 Å². The van der Waals surface area contributed by atoms with Crippen LogP contribution in [0, 0.1) is 0 Å². The lowest BCUT2D eigenvalue weighted by Gasteiger charge is -2.11. The van der Waals surface area contributed by atoms with Crippen molar-refractivity contribution >= 4 is 10.9 Å². The van der Waals surface area contributed by atoms with E-state index in [1.54, 1.807) is 10.8 Å². The zero-order valence-electron chi connectivity index (χ0n) is 8.27. The third kappa shape index (κ3) is 1.31. The van der Waals surface area contributed by atoms with Gasteiger partial charge < -0.3 is 0 Å². The number of hydrogen-bond donors (Lipinski definition) is 0. The summed E-state index contributed by atoms with van der Waals surface area (Å²) in [5, 5.41) is 1.00. The number of aromatic nitrogens is 2. The molecule has 0 saturated heterocycles. The van der Waals surface area contributed by atoms with Crippen LogP contribution >= 0.6 is 0 Å². The third-order valence-corrected chi connectivity index (χ3v) is 2.23. The van der Waals surface area contributed by atoms with E-state index in [1.165, 1.54) is 0 Å². The van der Waals surface area contributed by atoms with Gasteiger partial charge in [-0.25, -0.2) is 9.78 Å². The molecular weight excluding hydrogens is 176 g/mol. The smallest absolute Gasteiger partial charge is 0.289 e. The van der Waals surface area contributed by atoms with Crippen LogP contribution in [0.4, 0.5) is 0 Å². The van der Waals surface area contributed by atoms with Crippen molar-refractivity contribution in [3.63, 3.8) is 0 Å². The molecule has 0 aliphatic carbocycles. The number of benzene rings is 1. The van der Waals surface area contributed by atoms with E-state index in [0.29, 0.717) is 0 Å². The van der Waals surface area contributed by atoms with E-state index in [4.69, 9.17) is 0 Å². The lowest BCUT2D eigenvalue weighted by Crippen LogP contribution is -2.24. The maximum Gasteiger partial charge on any atom is 0.348 e. The van der Waals surface area contributed by atoms with E-state index in [-0.39, 0.29) is 11.7 Å². The Kier molecular flexibility index (Phi) is 2.08. The van der Waals surface area contributed by atoms with Crippen LogP contribution in [0.3, 0.4) is 0 Å². The van der Waals surface area contributed by atoms with Crippen molar-refractivity contribution in [2.45, 2.75) is 19.9 Å². The van der Waals surface area contributed by atoms with Gasteiger partial charge in [-0.15, -0.1) is 0 Å². The van der Waals surface area contributed by atoms with Crippen molar-refractivity contribution in [1.29, 1.82) is 0 Å². The number of hydrogen-bond acceptors (Lipinski definition) is 2. The molecule has 0 fully saturated rings. The van der Waals surface area contributed by atoms with Crippen molar-refractivity contribution in [3.8, 4) is 0 Å². The first-order valence-corrected chi connectivity index (χ1v) is 4.66. The van der Waals surface area contributed by atoms with Gasteiger partial charge in [-0.3, -0.25) is 4.57 Å². The van der Waals surface area contributed by atoms with Crippen LogP contribution < -0.4 is 5.69 Å². The molecule has 0 saturated carbocycles. The predicted octanol–water partition coefficient (Wildman–Crippen LogP) is 1.98. The maximum atomic E-state index is 11.5. The topological polar surface area (TPSA) is 34.9 Å². The highest BCUT2D eigenvalue weighted by Crippen LogP contribution is 2.13. The van der Waals surface area contributed by atoms with Gasteiger partial charge in [-0.1, -0.05) is 18.2 Å². The Bertz CT molecular complexity index is 514. The van der Waals surface area contributed by atoms with Crippen LogP contribution in [0.1, 0.15) is 19.9 Å². The minimum Gasteiger partial charge on any atom is -0.289 e. The largest absolute Gasteiger partial charge is 0.348 e. The molecule has 0 aliphatic heterocycles. The van der Waals surface area contributed by atoms with Gasteiger partial charge >= 0.3 is 5.69 Å². The van der Waals surface area contributed by atoms with Crippen molar-refractivity contribution in [1.82, 2.24) is 9.55 Å². The Morgan fingerprint density at radius 3 is 2.71 bits per heavy atom. The second kappa shape index (κ2) is 3.25. The zero-order valence-corrected chi connectivity index (χ0v) is 8.27. The molecule has 3 nitrogen and oxygen atoms in total. The van der Waals surface area contributed by atoms with Gasteiger partial charge in [-0.05, 0) is 19.9 Å². The van der Waals surface area contributed by atoms with Gasteiger partial charge in [0.2, 0.25) is 0 Å². The van der Waals surface area contributed by atoms with E-state index < -0.39 is 0 Å². The molecule has 2 rings (SSSR count). The predicted molar refractivity (Wildman–Crippen MR) is 56.4 cm³/mol. The van der Waals surface area contributed by atoms with Crippen molar-refractivity contribution in [3.05, 3.63) is 40.9 Å². The summed E-state index contributed by atoms with van der Waals surface area (Å²) in [7, 11) is 0. The molecule has 1 aromatic heterocycles. The molecule has 0 amide bonds. The summed E-state index contributed by atoms with van der Waals surface area (Å²) in [6.07, 6.45) is 1.62. The Balaban J connectivity index is 2.90. The third-order valence-electron chi connectivity index (χ3n) is 2.23. The quantitative estimate of drug-likeness (QED) is 0.685. The molecule has 1 aromatic carbocycles. The van der Waals surface area contributed by atoms with Crippen molar-refractivity contribution in [2.75, 3.05) is 0 Å². The minimum absolute atomic E-state index is 0.140. The number of nitrogens with zero attached hydrogens (tertiary/aromatic N) is 2. The highest BCUT2D eigenvalue weighted by Gasteiger charge is 2.05. The van der Waals surface area contributed by atoms with Gasteiger partial charge in [0.15, 0.2) is 0 Å². The lowest BCUT2D eigenvalue weighted by molar-refractivity contribution is 0.586. The zero-order chi connectivity index (χ0) is 10.1. The highest BCUT2D eigenvalue weighted by atomic mass is 16.1. The molecule has 0 aliphatic rings. The Morgan fingerprint density at radius 2 is 2.00 bits per heavy atom. The van der Waals surface area contributed by atoms with Crippen LogP contribution in [0.2, 0.25) is 0 Å². The van der Waals surface area contributed by atoms with E-state index in [1.807, 2.05) is 38.1 Å². The molecular formula is C11H12N2O. The lowest BCUT2D eigenvalue weighted by atomic mass is 10.2. The maximum absolute atomic E-state index is 11.5. The van der Waals surface area contributed by atoms with Gasteiger partial charge in [-0.2, -0.15) is 0 Å². The summed E-state index contributed by atoms with van der Waals surface area (Å²) < 4.78 is 1.70. The first-order valence-electron chi connectivity index (χ1n) is 4.66. The molecule has 0 atom stereocenters. The second-order valence-electron chi connectivity index (χ2n) is 3.56. The molecule has 0 radical (unpaired) electrons. The first kappa shape index (κ1) is 8.94. The van der Waals surface area contributed by atoms with Crippen LogP contribution in [0.25, 0.3) is 10.9 Å². The summed E-state index contributed by atoms with van der Waals surface area (Å²) >= 11 is 0. The summed E-state index contributed by atoms with van der Waals surface area (Å²) in [6.45, 7) is 3.96. The fraction of sp³-hybridized carbons (Fsp3) is 0.273. The average Bonchev–Trinajstić information content (AvgIpc) is 2.17. The van der Waals surface area contributed by atoms with E-state index >= 15 is 0 Å². The minimum atomic E-state index is -0.182. The fourth-order valence-electron chi connectivity index (χ4n) is 1.61. The second-order valence-corrected chi connectivity index (χ2v) is 3.56. The number of fused-ring (bicyclic) bond motifs is 1. The Morgan fingerprint density at radius 1 is 1.29 bits per heavy atom. The monoisotopic (exact) mass is 188 g/mol. The summed E-state index contributed by atoms with van der Waals surface area (Å²) in [6, 6.07) is 7.92. The Hall–Kier alpha value is -1.64. The normalized spacial score (nSPS) is 11.1. The van der Waals surface area contributed by atoms with Crippen molar-refractivity contribution < 1.29 is 0 Å². The standard InChI is InChI=1S/C11H12N2O/c1-8(2)13-10-6-4-3-5-9(10)7-12-11(13)14/h3-8H,1-2H3. The van der Waals surface area contributed by atoms with Gasteiger partial charge in [0.05, 0.1) is 5.52 Å².